The van der Waals surface area contributed by atoms with Crippen molar-refractivity contribution < 1.29 is 18.7 Å². The Morgan fingerprint density at radius 3 is 2.67 bits per heavy atom. The van der Waals surface area contributed by atoms with E-state index < -0.39 is 0 Å². The monoisotopic (exact) mass is 450 g/mol. The van der Waals surface area contributed by atoms with Gasteiger partial charge in [-0.25, -0.2) is 14.4 Å². The molecule has 0 saturated carbocycles. The zero-order valence-corrected chi connectivity index (χ0v) is 18.8. The Kier molecular flexibility index (Phi) is 7.02. The van der Waals surface area contributed by atoms with E-state index in [1.165, 1.54) is 12.1 Å². The molecule has 3 aromatic rings. The van der Waals surface area contributed by atoms with Gasteiger partial charge in [0.2, 0.25) is 11.9 Å². The highest BCUT2D eigenvalue weighted by atomic mass is 19.1. The molecule has 1 amide bonds. The Morgan fingerprint density at radius 2 is 1.94 bits per heavy atom. The molecule has 0 spiro atoms. The van der Waals surface area contributed by atoms with Crippen molar-refractivity contribution in [3.8, 4) is 22.6 Å². The van der Waals surface area contributed by atoms with E-state index >= 15 is 0 Å². The van der Waals surface area contributed by atoms with Crippen LogP contribution in [-0.2, 0) is 11.3 Å². The first-order valence-electron chi connectivity index (χ1n) is 10.9. The van der Waals surface area contributed by atoms with Crippen molar-refractivity contribution in [3.63, 3.8) is 0 Å². The number of benzene rings is 2. The number of anilines is 1. The molecule has 1 aromatic heterocycles. The molecule has 172 valence electrons. The number of piperidine rings is 1. The SMILES string of the molecule is COc1ccc(OC)c(CNC(=O)C2CCCN(c3ncc(-c4cccc(F)c4)cn3)C2)c1. The van der Waals surface area contributed by atoms with Gasteiger partial charge >= 0.3 is 0 Å². The lowest BCUT2D eigenvalue weighted by molar-refractivity contribution is -0.125. The van der Waals surface area contributed by atoms with E-state index in [-0.39, 0.29) is 17.6 Å². The highest BCUT2D eigenvalue weighted by molar-refractivity contribution is 5.79. The van der Waals surface area contributed by atoms with Gasteiger partial charge < -0.3 is 19.7 Å². The van der Waals surface area contributed by atoms with E-state index in [4.69, 9.17) is 9.47 Å². The highest BCUT2D eigenvalue weighted by Crippen LogP contribution is 2.25. The van der Waals surface area contributed by atoms with Crippen LogP contribution in [0.3, 0.4) is 0 Å². The summed E-state index contributed by atoms with van der Waals surface area (Å²) in [7, 11) is 3.21. The van der Waals surface area contributed by atoms with Crippen molar-refractivity contribution in [2.75, 3.05) is 32.2 Å². The van der Waals surface area contributed by atoms with Crippen molar-refractivity contribution >= 4 is 11.9 Å². The molecule has 1 aliphatic rings. The number of hydrogen-bond donors (Lipinski definition) is 1. The molecular formula is C25H27FN4O3. The van der Waals surface area contributed by atoms with Gasteiger partial charge in [-0.15, -0.1) is 0 Å². The number of amides is 1. The lowest BCUT2D eigenvalue weighted by Gasteiger charge is -2.32. The fraction of sp³-hybridized carbons (Fsp3) is 0.320. The molecule has 1 fully saturated rings. The summed E-state index contributed by atoms with van der Waals surface area (Å²) in [5.41, 5.74) is 2.33. The fourth-order valence-corrected chi connectivity index (χ4v) is 4.02. The Bertz CT molecular complexity index is 1110. The lowest BCUT2D eigenvalue weighted by Crippen LogP contribution is -2.43. The number of halogens is 1. The number of hydrogen-bond acceptors (Lipinski definition) is 6. The summed E-state index contributed by atoms with van der Waals surface area (Å²) in [5, 5.41) is 3.03. The van der Waals surface area contributed by atoms with Gasteiger partial charge in [0.25, 0.3) is 0 Å². The smallest absolute Gasteiger partial charge is 0.225 e. The lowest BCUT2D eigenvalue weighted by atomic mass is 9.97. The molecule has 1 saturated heterocycles. The number of rotatable bonds is 7. The standard InChI is InChI=1S/C25H27FN4O3/c1-32-22-8-9-23(33-2)19(12-22)13-27-24(31)18-6-4-10-30(16-18)25-28-14-20(15-29-25)17-5-3-7-21(26)11-17/h3,5,7-9,11-12,14-15,18H,4,6,10,13,16H2,1-2H3,(H,27,31). The second-order valence-corrected chi connectivity index (χ2v) is 7.96. The summed E-state index contributed by atoms with van der Waals surface area (Å²) in [4.78, 5) is 23.8. The summed E-state index contributed by atoms with van der Waals surface area (Å²) < 4.78 is 24.2. The zero-order chi connectivity index (χ0) is 23.2. The molecule has 0 radical (unpaired) electrons. The number of ether oxygens (including phenoxy) is 2. The third kappa shape index (κ3) is 5.39. The first-order chi connectivity index (χ1) is 16.1. The summed E-state index contributed by atoms with van der Waals surface area (Å²) in [6.07, 6.45) is 5.06. The van der Waals surface area contributed by atoms with Crippen molar-refractivity contribution in [1.29, 1.82) is 0 Å². The summed E-state index contributed by atoms with van der Waals surface area (Å²) in [6.45, 7) is 1.68. The highest BCUT2D eigenvalue weighted by Gasteiger charge is 2.27. The molecule has 0 aliphatic carbocycles. The normalized spacial score (nSPS) is 15.7. The fourth-order valence-electron chi connectivity index (χ4n) is 4.02. The Hall–Kier alpha value is -3.68. The molecule has 2 aromatic carbocycles. The Labute approximate surface area is 192 Å². The number of methoxy groups -OCH3 is 2. The number of aromatic nitrogens is 2. The van der Waals surface area contributed by atoms with Crippen LogP contribution in [0, 0.1) is 11.7 Å². The molecule has 33 heavy (non-hydrogen) atoms. The Balaban J connectivity index is 1.39. The molecule has 1 aliphatic heterocycles. The minimum absolute atomic E-state index is 0.0130. The van der Waals surface area contributed by atoms with Crippen LogP contribution in [0.15, 0.2) is 54.9 Å². The maximum Gasteiger partial charge on any atom is 0.225 e. The molecule has 1 N–H and O–H groups in total. The van der Waals surface area contributed by atoms with Crippen LogP contribution < -0.4 is 19.7 Å². The minimum atomic E-state index is -0.298. The van der Waals surface area contributed by atoms with Gasteiger partial charge in [-0.2, -0.15) is 0 Å². The molecular weight excluding hydrogens is 423 g/mol. The quantitative estimate of drug-likeness (QED) is 0.590. The molecule has 1 atom stereocenters. The van der Waals surface area contributed by atoms with Crippen molar-refractivity contribution in [2.24, 2.45) is 5.92 Å². The second-order valence-electron chi connectivity index (χ2n) is 7.96. The summed E-state index contributed by atoms with van der Waals surface area (Å²) >= 11 is 0. The van der Waals surface area contributed by atoms with E-state index in [9.17, 15) is 9.18 Å². The van der Waals surface area contributed by atoms with Gasteiger partial charge in [-0.05, 0) is 48.7 Å². The molecule has 1 unspecified atom stereocenters. The topological polar surface area (TPSA) is 76.6 Å². The third-order valence-corrected chi connectivity index (χ3v) is 5.81. The average molecular weight is 451 g/mol. The van der Waals surface area contributed by atoms with Crippen LogP contribution >= 0.6 is 0 Å². The maximum atomic E-state index is 13.5. The Morgan fingerprint density at radius 1 is 1.12 bits per heavy atom. The summed E-state index contributed by atoms with van der Waals surface area (Å²) in [5.74, 6) is 1.51. The van der Waals surface area contributed by atoms with Gasteiger partial charge in [0.1, 0.15) is 17.3 Å². The molecule has 8 heteroatoms. The molecule has 0 bridgehead atoms. The van der Waals surface area contributed by atoms with E-state index in [2.05, 4.69) is 15.3 Å². The van der Waals surface area contributed by atoms with Crippen LogP contribution in [-0.4, -0.2) is 43.2 Å². The second kappa shape index (κ2) is 10.3. The summed E-state index contributed by atoms with van der Waals surface area (Å²) in [6, 6.07) is 11.9. The number of nitrogens with one attached hydrogen (secondary N) is 1. The minimum Gasteiger partial charge on any atom is -0.497 e. The number of carbonyl (C=O) groups excluding carboxylic acids is 1. The van der Waals surface area contributed by atoms with Gasteiger partial charge in [0, 0.05) is 43.2 Å². The first kappa shape index (κ1) is 22.5. The predicted octanol–water partition coefficient (Wildman–Crippen LogP) is 3.83. The predicted molar refractivity (Wildman–Crippen MR) is 124 cm³/mol. The first-order valence-corrected chi connectivity index (χ1v) is 10.9. The molecule has 4 rings (SSSR count). The third-order valence-electron chi connectivity index (χ3n) is 5.81. The van der Waals surface area contributed by atoms with Gasteiger partial charge in [-0.3, -0.25) is 4.79 Å². The zero-order valence-electron chi connectivity index (χ0n) is 18.8. The van der Waals surface area contributed by atoms with Gasteiger partial charge in [0.05, 0.1) is 20.1 Å². The van der Waals surface area contributed by atoms with Crippen LogP contribution in [0.4, 0.5) is 10.3 Å². The molecule has 7 nitrogen and oxygen atoms in total. The number of nitrogens with zero attached hydrogens (tertiary/aromatic N) is 3. The van der Waals surface area contributed by atoms with Crippen LogP contribution in [0.25, 0.3) is 11.1 Å². The van der Waals surface area contributed by atoms with E-state index in [1.807, 2.05) is 29.2 Å². The largest absolute Gasteiger partial charge is 0.497 e. The van der Waals surface area contributed by atoms with Crippen molar-refractivity contribution in [2.45, 2.75) is 19.4 Å². The molecule has 2 heterocycles. The maximum absolute atomic E-state index is 13.5. The van der Waals surface area contributed by atoms with Crippen LogP contribution in [0.2, 0.25) is 0 Å². The van der Waals surface area contributed by atoms with E-state index in [1.54, 1.807) is 32.7 Å². The van der Waals surface area contributed by atoms with Gasteiger partial charge in [0.15, 0.2) is 0 Å². The van der Waals surface area contributed by atoms with E-state index in [0.717, 1.165) is 36.1 Å². The van der Waals surface area contributed by atoms with E-state index in [0.29, 0.717) is 30.5 Å². The van der Waals surface area contributed by atoms with Crippen molar-refractivity contribution in [3.05, 3.63) is 66.2 Å². The average Bonchev–Trinajstić information content (AvgIpc) is 2.87. The van der Waals surface area contributed by atoms with Crippen molar-refractivity contribution in [1.82, 2.24) is 15.3 Å². The number of carbonyl (C=O) groups is 1. The van der Waals surface area contributed by atoms with Crippen LogP contribution in [0.5, 0.6) is 11.5 Å². The van der Waals surface area contributed by atoms with Gasteiger partial charge in [-0.1, -0.05) is 12.1 Å². The van der Waals surface area contributed by atoms with Crippen LogP contribution in [0.1, 0.15) is 18.4 Å².